The highest BCUT2D eigenvalue weighted by Gasteiger charge is 2.30. The van der Waals surface area contributed by atoms with Crippen LogP contribution in [-0.2, 0) is 6.18 Å². The van der Waals surface area contributed by atoms with E-state index in [1.54, 1.807) is 29.5 Å². The normalized spacial score (nSPS) is 12.1. The van der Waals surface area contributed by atoms with Crippen LogP contribution in [0.25, 0.3) is 33.5 Å². The number of alkyl halides is 3. The number of rotatable bonds is 4. The van der Waals surface area contributed by atoms with Crippen LogP contribution in [0.2, 0.25) is 0 Å². The molecule has 3 nitrogen and oxygen atoms in total. The number of benzene rings is 1. The highest BCUT2D eigenvalue weighted by atomic mass is 32.1. The number of nitrogens with zero attached hydrogens (tertiary/aromatic N) is 2. The molecule has 3 aromatic heterocycles. The van der Waals surface area contributed by atoms with E-state index in [-0.39, 0.29) is 5.76 Å². The predicted molar refractivity (Wildman–Crippen MR) is 108 cm³/mol. The number of allylic oxidation sites excluding steroid dienone is 1. The van der Waals surface area contributed by atoms with Gasteiger partial charge in [-0.3, -0.25) is 0 Å². The zero-order valence-corrected chi connectivity index (χ0v) is 16.2. The van der Waals surface area contributed by atoms with E-state index in [9.17, 15) is 18.4 Å². The Kier molecular flexibility index (Phi) is 5.09. The van der Waals surface area contributed by atoms with Crippen LogP contribution in [0, 0.1) is 11.3 Å². The molecule has 0 aliphatic rings. The first-order valence-electron chi connectivity index (χ1n) is 8.33. The molecule has 0 radical (unpaired) electrons. The van der Waals surface area contributed by atoms with E-state index in [0.717, 1.165) is 22.7 Å². The minimum Gasteiger partial charge on any atom is -0.457 e. The summed E-state index contributed by atoms with van der Waals surface area (Å²) in [6.45, 7) is 0. The lowest BCUT2D eigenvalue weighted by molar-refractivity contribution is -0.137. The second-order valence-electron chi connectivity index (χ2n) is 5.97. The lowest BCUT2D eigenvalue weighted by atomic mass is 10.1. The molecule has 3 heterocycles. The van der Waals surface area contributed by atoms with Crippen molar-refractivity contribution < 1.29 is 17.6 Å². The van der Waals surface area contributed by atoms with E-state index in [1.165, 1.54) is 23.5 Å². The van der Waals surface area contributed by atoms with Gasteiger partial charge in [0.25, 0.3) is 0 Å². The van der Waals surface area contributed by atoms with Gasteiger partial charge in [-0.25, -0.2) is 4.98 Å². The van der Waals surface area contributed by atoms with Crippen LogP contribution in [0.5, 0.6) is 0 Å². The molecular formula is C21H11F3N2OS2. The molecule has 0 bridgehead atoms. The van der Waals surface area contributed by atoms with Gasteiger partial charge in [0.05, 0.1) is 21.7 Å². The molecule has 0 atom stereocenters. The Labute approximate surface area is 172 Å². The van der Waals surface area contributed by atoms with Crippen LogP contribution in [0.3, 0.4) is 0 Å². The molecule has 4 aromatic rings. The van der Waals surface area contributed by atoms with Gasteiger partial charge in [0.15, 0.2) is 0 Å². The van der Waals surface area contributed by atoms with Crippen molar-refractivity contribution in [2.24, 2.45) is 0 Å². The number of nitriles is 1. The zero-order valence-electron chi connectivity index (χ0n) is 14.6. The van der Waals surface area contributed by atoms with Crippen molar-refractivity contribution in [2.45, 2.75) is 6.18 Å². The third-order valence-electron chi connectivity index (χ3n) is 4.02. The van der Waals surface area contributed by atoms with Gasteiger partial charge in [-0.1, -0.05) is 18.2 Å². The molecule has 8 heteroatoms. The van der Waals surface area contributed by atoms with Crippen LogP contribution in [0.15, 0.2) is 63.7 Å². The molecule has 4 rings (SSSR count). The Hall–Kier alpha value is -3.15. The maximum Gasteiger partial charge on any atom is 0.416 e. The van der Waals surface area contributed by atoms with E-state index in [1.807, 2.05) is 22.9 Å². The van der Waals surface area contributed by atoms with Crippen LogP contribution >= 0.6 is 22.7 Å². The van der Waals surface area contributed by atoms with Gasteiger partial charge in [-0.05, 0) is 35.7 Å². The summed E-state index contributed by atoms with van der Waals surface area (Å²) in [4.78, 5) is 5.50. The molecule has 0 aliphatic carbocycles. The monoisotopic (exact) mass is 428 g/mol. The number of aromatic nitrogens is 1. The Morgan fingerprint density at radius 3 is 2.69 bits per heavy atom. The lowest BCUT2D eigenvalue weighted by Crippen LogP contribution is -2.04. The number of thiazole rings is 1. The third kappa shape index (κ3) is 4.16. The molecule has 0 aliphatic heterocycles. The minimum absolute atomic E-state index is 0.290. The average Bonchev–Trinajstić information content (AvgIpc) is 3.46. The molecule has 29 heavy (non-hydrogen) atoms. The number of halogens is 3. The molecule has 0 unspecified atom stereocenters. The van der Waals surface area contributed by atoms with Crippen LogP contribution < -0.4 is 0 Å². The fourth-order valence-corrected chi connectivity index (χ4v) is 4.20. The SMILES string of the molecule is N#CC(=Cc1ccc(-c2cccc(C(F)(F)F)c2)o1)c1nc(-c2cccs2)cs1. The standard InChI is InChI=1S/C21H11F3N2OS2/c22-21(23,24)15-4-1-3-13(9-15)18-7-6-16(27-18)10-14(11-25)20-26-17(12-29-20)19-5-2-8-28-19/h1-10,12H. The highest BCUT2D eigenvalue weighted by Crippen LogP contribution is 2.34. The Bertz CT molecular complexity index is 1210. The molecule has 0 fully saturated rings. The van der Waals surface area contributed by atoms with Crippen molar-refractivity contribution in [2.75, 3.05) is 0 Å². The Morgan fingerprint density at radius 2 is 1.97 bits per heavy atom. The number of hydrogen-bond acceptors (Lipinski definition) is 5. The summed E-state index contributed by atoms with van der Waals surface area (Å²) in [5, 5.41) is 13.9. The van der Waals surface area contributed by atoms with Gasteiger partial charge in [-0.2, -0.15) is 18.4 Å². The second kappa shape index (κ2) is 7.70. The number of furan rings is 1. The molecule has 0 amide bonds. The summed E-state index contributed by atoms with van der Waals surface area (Å²) in [6.07, 6.45) is -2.89. The maximum atomic E-state index is 12.9. The van der Waals surface area contributed by atoms with Crippen molar-refractivity contribution >= 4 is 34.3 Å². The zero-order chi connectivity index (χ0) is 20.4. The largest absolute Gasteiger partial charge is 0.457 e. The first kappa shape index (κ1) is 19.2. The fraction of sp³-hybridized carbons (Fsp3) is 0.0476. The predicted octanol–water partition coefficient (Wildman–Crippen LogP) is 7.21. The van der Waals surface area contributed by atoms with E-state index in [2.05, 4.69) is 11.1 Å². The van der Waals surface area contributed by atoms with Crippen molar-refractivity contribution in [3.8, 4) is 28.0 Å². The van der Waals surface area contributed by atoms with Crippen molar-refractivity contribution in [3.05, 3.63) is 75.6 Å². The van der Waals surface area contributed by atoms with Crippen molar-refractivity contribution in [3.63, 3.8) is 0 Å². The van der Waals surface area contributed by atoms with Gasteiger partial charge in [0.2, 0.25) is 0 Å². The first-order chi connectivity index (χ1) is 13.9. The third-order valence-corrected chi connectivity index (χ3v) is 5.78. The average molecular weight is 428 g/mol. The molecular weight excluding hydrogens is 417 g/mol. The van der Waals surface area contributed by atoms with Gasteiger partial charge >= 0.3 is 6.18 Å². The van der Waals surface area contributed by atoms with Gasteiger partial charge in [0.1, 0.15) is 22.6 Å². The van der Waals surface area contributed by atoms with Crippen LogP contribution in [-0.4, -0.2) is 4.98 Å². The smallest absolute Gasteiger partial charge is 0.416 e. The van der Waals surface area contributed by atoms with E-state index >= 15 is 0 Å². The van der Waals surface area contributed by atoms with Crippen LogP contribution in [0.1, 0.15) is 16.3 Å². The number of hydrogen-bond donors (Lipinski definition) is 0. The van der Waals surface area contributed by atoms with Gasteiger partial charge in [-0.15, -0.1) is 22.7 Å². The second-order valence-corrected chi connectivity index (χ2v) is 7.77. The summed E-state index contributed by atoms with van der Waals surface area (Å²) in [5.74, 6) is 0.653. The quantitative estimate of drug-likeness (QED) is 0.323. The fourth-order valence-electron chi connectivity index (χ4n) is 2.65. The summed E-state index contributed by atoms with van der Waals surface area (Å²) in [7, 11) is 0. The lowest BCUT2D eigenvalue weighted by Gasteiger charge is -2.07. The summed E-state index contributed by atoms with van der Waals surface area (Å²) in [6, 6.07) is 14.1. The molecule has 144 valence electrons. The summed E-state index contributed by atoms with van der Waals surface area (Å²) in [5.41, 5.74) is 0.685. The summed E-state index contributed by atoms with van der Waals surface area (Å²) < 4.78 is 44.4. The Morgan fingerprint density at radius 1 is 1.10 bits per heavy atom. The molecule has 0 saturated carbocycles. The summed E-state index contributed by atoms with van der Waals surface area (Å²) >= 11 is 2.91. The van der Waals surface area contributed by atoms with E-state index < -0.39 is 11.7 Å². The minimum atomic E-state index is -4.43. The van der Waals surface area contributed by atoms with Gasteiger partial charge in [0, 0.05) is 17.0 Å². The van der Waals surface area contributed by atoms with Gasteiger partial charge < -0.3 is 4.42 Å². The molecule has 1 aromatic carbocycles. The molecule has 0 spiro atoms. The van der Waals surface area contributed by atoms with Crippen molar-refractivity contribution in [1.82, 2.24) is 4.98 Å². The van der Waals surface area contributed by atoms with Crippen LogP contribution in [0.4, 0.5) is 13.2 Å². The first-order valence-corrected chi connectivity index (χ1v) is 10.1. The van der Waals surface area contributed by atoms with Crippen molar-refractivity contribution in [1.29, 1.82) is 5.26 Å². The topological polar surface area (TPSA) is 49.8 Å². The van der Waals surface area contributed by atoms with E-state index in [0.29, 0.717) is 21.9 Å². The Balaban J connectivity index is 1.62. The molecule has 0 N–H and O–H groups in total. The molecule has 0 saturated heterocycles. The van der Waals surface area contributed by atoms with E-state index in [4.69, 9.17) is 4.42 Å². The number of thiophene rings is 1. The highest BCUT2D eigenvalue weighted by molar-refractivity contribution is 7.14. The maximum absolute atomic E-state index is 12.9.